The van der Waals surface area contributed by atoms with Crippen LogP contribution in [0.25, 0.3) is 0 Å². The average Bonchev–Trinajstić information content (AvgIpc) is 3.10. The normalized spacial score (nSPS) is 30.9. The minimum atomic E-state index is 0. The van der Waals surface area contributed by atoms with Crippen molar-refractivity contribution in [3.63, 3.8) is 0 Å². The summed E-state index contributed by atoms with van der Waals surface area (Å²) in [7, 11) is 0. The Bertz CT molecular complexity index is 420. The number of halogens is 1. The molecular weight excluding hydrogens is 278 g/mol. The van der Waals surface area contributed by atoms with Crippen LogP contribution in [0.2, 0.25) is 0 Å². The van der Waals surface area contributed by atoms with Gasteiger partial charge in [-0.1, -0.05) is 6.42 Å². The van der Waals surface area contributed by atoms with Gasteiger partial charge < -0.3 is 5.32 Å². The summed E-state index contributed by atoms with van der Waals surface area (Å²) in [6.45, 7) is 3.61. The lowest BCUT2D eigenvalue weighted by Crippen LogP contribution is -2.58. The first-order chi connectivity index (χ1) is 8.88. The van der Waals surface area contributed by atoms with E-state index in [1.165, 1.54) is 55.8 Å². The largest absolute Gasteiger partial charge is 0.309 e. The molecule has 5 heteroatoms. The fraction of sp³-hybridized carbons (Fsp3) is 0.786. The zero-order valence-electron chi connectivity index (χ0n) is 11.2. The van der Waals surface area contributed by atoms with Crippen molar-refractivity contribution in [1.82, 2.24) is 15.2 Å². The standard InChI is InChI=1S/C14H21N3S.ClH/c1-2-11-6-17(7-12(3-1)16-11)8-13-14(10-4-5-10)15-9-18-13;/h9-12,16H,1-8H2;1H. The Balaban J connectivity index is 0.00000110. The summed E-state index contributed by atoms with van der Waals surface area (Å²) in [6.07, 6.45) is 6.88. The fourth-order valence-corrected chi connectivity index (χ4v) is 4.41. The minimum Gasteiger partial charge on any atom is -0.309 e. The Morgan fingerprint density at radius 1 is 1.21 bits per heavy atom. The van der Waals surface area contributed by atoms with Crippen molar-refractivity contribution in [2.75, 3.05) is 13.1 Å². The lowest BCUT2D eigenvalue weighted by Gasteiger charge is -2.42. The van der Waals surface area contributed by atoms with Crippen molar-refractivity contribution < 1.29 is 0 Å². The molecular formula is C14H22ClN3S. The van der Waals surface area contributed by atoms with Crippen LogP contribution < -0.4 is 5.32 Å². The zero-order chi connectivity index (χ0) is 11.9. The van der Waals surface area contributed by atoms with E-state index in [0.717, 1.165) is 24.5 Å². The second-order valence-electron chi connectivity index (χ2n) is 6.12. The molecule has 0 spiro atoms. The summed E-state index contributed by atoms with van der Waals surface area (Å²) in [4.78, 5) is 8.79. The van der Waals surface area contributed by atoms with E-state index in [-0.39, 0.29) is 12.4 Å². The summed E-state index contributed by atoms with van der Waals surface area (Å²) in [6, 6.07) is 1.49. The first-order valence-electron chi connectivity index (χ1n) is 7.29. The maximum absolute atomic E-state index is 4.59. The molecule has 4 rings (SSSR count). The molecule has 1 aromatic heterocycles. The van der Waals surface area contributed by atoms with Gasteiger partial charge in [-0.05, 0) is 25.7 Å². The van der Waals surface area contributed by atoms with Gasteiger partial charge in [-0.3, -0.25) is 4.90 Å². The molecule has 2 saturated heterocycles. The number of fused-ring (bicyclic) bond motifs is 2. The summed E-state index contributed by atoms with van der Waals surface area (Å²) in [5.74, 6) is 0.800. The van der Waals surface area contributed by atoms with Crippen molar-refractivity contribution in [1.29, 1.82) is 0 Å². The number of hydrogen-bond acceptors (Lipinski definition) is 4. The molecule has 3 heterocycles. The van der Waals surface area contributed by atoms with E-state index in [0.29, 0.717) is 0 Å². The van der Waals surface area contributed by atoms with E-state index in [9.17, 15) is 0 Å². The number of nitrogens with zero attached hydrogens (tertiary/aromatic N) is 2. The Morgan fingerprint density at radius 3 is 2.63 bits per heavy atom. The molecule has 0 aromatic carbocycles. The summed E-state index contributed by atoms with van der Waals surface area (Å²) >= 11 is 1.87. The van der Waals surface area contributed by atoms with Crippen LogP contribution in [0.4, 0.5) is 0 Å². The minimum absolute atomic E-state index is 0. The van der Waals surface area contributed by atoms with Crippen molar-refractivity contribution in [3.8, 4) is 0 Å². The Morgan fingerprint density at radius 2 is 1.95 bits per heavy atom. The highest BCUT2D eigenvalue weighted by molar-refractivity contribution is 7.09. The Labute approximate surface area is 125 Å². The highest BCUT2D eigenvalue weighted by Gasteiger charge is 2.32. The smallest absolute Gasteiger partial charge is 0.0798 e. The molecule has 2 atom stereocenters. The van der Waals surface area contributed by atoms with E-state index < -0.39 is 0 Å². The van der Waals surface area contributed by atoms with Crippen molar-refractivity contribution in [2.45, 2.75) is 56.7 Å². The third-order valence-electron chi connectivity index (χ3n) is 4.54. The van der Waals surface area contributed by atoms with Crippen molar-refractivity contribution in [2.24, 2.45) is 0 Å². The van der Waals surface area contributed by atoms with E-state index in [2.05, 4.69) is 15.2 Å². The fourth-order valence-electron chi connectivity index (χ4n) is 3.52. The van der Waals surface area contributed by atoms with Gasteiger partial charge in [-0.2, -0.15) is 0 Å². The Hall–Kier alpha value is -0.160. The van der Waals surface area contributed by atoms with Gasteiger partial charge in [0.15, 0.2) is 0 Å². The molecule has 3 nitrogen and oxygen atoms in total. The predicted molar refractivity (Wildman–Crippen MR) is 81.2 cm³/mol. The molecule has 1 aliphatic carbocycles. The molecule has 1 N–H and O–H groups in total. The molecule has 2 bridgehead atoms. The number of likely N-dealkylation sites (tertiary alicyclic amines) is 1. The maximum Gasteiger partial charge on any atom is 0.0798 e. The second-order valence-corrected chi connectivity index (χ2v) is 7.06. The monoisotopic (exact) mass is 299 g/mol. The van der Waals surface area contributed by atoms with E-state index in [4.69, 9.17) is 0 Å². The highest BCUT2D eigenvalue weighted by Crippen LogP contribution is 2.42. The van der Waals surface area contributed by atoms with Gasteiger partial charge in [0.1, 0.15) is 0 Å². The van der Waals surface area contributed by atoms with Crippen LogP contribution in [0.1, 0.15) is 48.6 Å². The van der Waals surface area contributed by atoms with Gasteiger partial charge in [-0.25, -0.2) is 4.98 Å². The number of nitrogens with one attached hydrogen (secondary N) is 1. The summed E-state index contributed by atoms with van der Waals surface area (Å²) in [5.41, 5.74) is 3.47. The SMILES string of the molecule is Cl.c1nc(C2CC2)c(CN2CC3CCCC(C2)N3)s1. The summed E-state index contributed by atoms with van der Waals surface area (Å²) < 4.78 is 0. The van der Waals surface area contributed by atoms with Crippen LogP contribution in [0, 0.1) is 0 Å². The Kier molecular flexibility index (Phi) is 4.13. The van der Waals surface area contributed by atoms with Gasteiger partial charge in [0.25, 0.3) is 0 Å². The molecule has 19 heavy (non-hydrogen) atoms. The molecule has 1 aromatic rings. The molecule has 1 saturated carbocycles. The summed E-state index contributed by atoms with van der Waals surface area (Å²) in [5, 5.41) is 3.76. The first-order valence-corrected chi connectivity index (χ1v) is 8.17. The van der Waals surface area contributed by atoms with E-state index >= 15 is 0 Å². The number of rotatable bonds is 3. The molecule has 106 valence electrons. The van der Waals surface area contributed by atoms with Gasteiger partial charge >= 0.3 is 0 Å². The van der Waals surface area contributed by atoms with Crippen LogP contribution in [-0.4, -0.2) is 35.1 Å². The quantitative estimate of drug-likeness (QED) is 0.930. The second kappa shape index (κ2) is 5.68. The number of aromatic nitrogens is 1. The van der Waals surface area contributed by atoms with Crippen LogP contribution >= 0.6 is 23.7 Å². The number of hydrogen-bond donors (Lipinski definition) is 1. The molecule has 3 fully saturated rings. The topological polar surface area (TPSA) is 28.2 Å². The highest BCUT2D eigenvalue weighted by atomic mass is 35.5. The number of piperazine rings is 1. The van der Waals surface area contributed by atoms with Crippen molar-refractivity contribution >= 4 is 23.7 Å². The maximum atomic E-state index is 4.59. The van der Waals surface area contributed by atoms with Gasteiger partial charge in [0.2, 0.25) is 0 Å². The van der Waals surface area contributed by atoms with E-state index in [1.807, 2.05) is 16.8 Å². The third kappa shape index (κ3) is 2.97. The third-order valence-corrected chi connectivity index (χ3v) is 5.37. The van der Waals surface area contributed by atoms with Crippen LogP contribution in [-0.2, 0) is 6.54 Å². The molecule has 3 aliphatic rings. The number of piperidine rings is 1. The zero-order valence-corrected chi connectivity index (χ0v) is 12.8. The van der Waals surface area contributed by atoms with Gasteiger partial charge in [-0.15, -0.1) is 23.7 Å². The molecule has 2 aliphatic heterocycles. The average molecular weight is 300 g/mol. The van der Waals surface area contributed by atoms with Crippen LogP contribution in [0.15, 0.2) is 5.51 Å². The van der Waals surface area contributed by atoms with Crippen molar-refractivity contribution in [3.05, 3.63) is 16.1 Å². The first kappa shape index (κ1) is 13.8. The molecule has 2 unspecified atom stereocenters. The lowest BCUT2D eigenvalue weighted by molar-refractivity contribution is 0.120. The molecule has 0 radical (unpaired) electrons. The molecule has 0 amide bonds. The van der Waals surface area contributed by atoms with Crippen LogP contribution in [0.3, 0.4) is 0 Å². The lowest BCUT2D eigenvalue weighted by atomic mass is 9.94. The number of thiazole rings is 1. The van der Waals surface area contributed by atoms with E-state index in [1.54, 1.807) is 0 Å². The van der Waals surface area contributed by atoms with Gasteiger partial charge in [0.05, 0.1) is 11.2 Å². The van der Waals surface area contributed by atoms with Crippen LogP contribution in [0.5, 0.6) is 0 Å². The van der Waals surface area contributed by atoms with Gasteiger partial charge in [0, 0.05) is 42.5 Å². The predicted octanol–water partition coefficient (Wildman–Crippen LogP) is 2.77.